The molecule has 0 atom stereocenters. The predicted molar refractivity (Wildman–Crippen MR) is 52.1 cm³/mol. The number of nitrogens with one attached hydrogen (secondary N) is 1. The molecule has 66 valence electrons. The minimum Gasteiger partial charge on any atom is -0.303 e. The Hall–Kier alpha value is -0.390. The van der Waals surface area contributed by atoms with E-state index in [2.05, 4.69) is 31.3 Å². The summed E-state index contributed by atoms with van der Waals surface area (Å²) in [5, 5.41) is 2.16. The molecule has 1 aromatic rings. The van der Waals surface area contributed by atoms with Gasteiger partial charge in [0.1, 0.15) is 11.5 Å². The highest BCUT2D eigenvalue weighted by Gasteiger charge is 2.05. The van der Waals surface area contributed by atoms with Crippen LogP contribution in [0, 0.1) is 0 Å². The van der Waals surface area contributed by atoms with E-state index in [4.69, 9.17) is 11.6 Å². The zero-order chi connectivity index (χ0) is 9.14. The first-order valence-electron chi connectivity index (χ1n) is 3.21. The number of aromatic nitrogens is 2. The highest BCUT2D eigenvalue weighted by molar-refractivity contribution is 9.10. The van der Waals surface area contributed by atoms with Gasteiger partial charge in [-0.3, -0.25) is 0 Å². The molecule has 0 radical (unpaired) electrons. The minimum absolute atomic E-state index is 0.398. The molecule has 0 aliphatic rings. The Morgan fingerprint density at radius 3 is 2.75 bits per heavy atom. The maximum Gasteiger partial charge on any atom is 0.159 e. The van der Waals surface area contributed by atoms with Crippen LogP contribution in [0.4, 0.5) is 5.82 Å². The van der Waals surface area contributed by atoms with Crippen molar-refractivity contribution in [1.29, 1.82) is 0 Å². The van der Waals surface area contributed by atoms with E-state index in [0.717, 1.165) is 0 Å². The van der Waals surface area contributed by atoms with Gasteiger partial charge in [0.15, 0.2) is 5.82 Å². The number of hydrogen-bond donors (Lipinski definition) is 1. The van der Waals surface area contributed by atoms with Crippen LogP contribution in [0.5, 0.6) is 0 Å². The molecule has 1 rings (SSSR count). The number of rotatable bonds is 2. The fourth-order valence-corrected chi connectivity index (χ4v) is 1.06. The summed E-state index contributed by atoms with van der Waals surface area (Å²) in [5.74, 6) is 0.653. The summed E-state index contributed by atoms with van der Waals surface area (Å²) in [6.07, 6.45) is 1.40. The molecule has 0 bridgehead atoms. The number of anilines is 1. The van der Waals surface area contributed by atoms with Crippen LogP contribution in [-0.4, -0.2) is 29.1 Å². The largest absolute Gasteiger partial charge is 0.303 e. The quantitative estimate of drug-likeness (QED) is 0.643. The summed E-state index contributed by atoms with van der Waals surface area (Å²) in [5.41, 5.74) is 2.96. The molecular weight excluding hydrogens is 243 g/mol. The highest BCUT2D eigenvalue weighted by atomic mass is 79.9. The van der Waals surface area contributed by atoms with Crippen molar-refractivity contribution in [2.75, 3.05) is 19.5 Å². The van der Waals surface area contributed by atoms with Crippen LogP contribution in [0.3, 0.4) is 0 Å². The average molecular weight is 252 g/mol. The summed E-state index contributed by atoms with van der Waals surface area (Å²) in [4.78, 5) is 7.78. The van der Waals surface area contributed by atoms with Gasteiger partial charge in [-0.05, 0) is 15.9 Å². The molecule has 0 unspecified atom stereocenters. The smallest absolute Gasteiger partial charge is 0.159 e. The molecule has 0 saturated heterocycles. The van der Waals surface area contributed by atoms with E-state index in [-0.39, 0.29) is 0 Å². The van der Waals surface area contributed by atoms with Crippen LogP contribution in [0.15, 0.2) is 10.8 Å². The van der Waals surface area contributed by atoms with Crippen LogP contribution in [0.1, 0.15) is 0 Å². The Bertz CT molecular complexity index is 278. The number of nitrogens with zero attached hydrogens (tertiary/aromatic N) is 3. The second-order valence-electron chi connectivity index (χ2n) is 2.33. The third kappa shape index (κ3) is 2.30. The molecule has 0 aliphatic heterocycles. The monoisotopic (exact) mass is 250 g/mol. The molecule has 4 nitrogen and oxygen atoms in total. The second-order valence-corrected chi connectivity index (χ2v) is 3.48. The SMILES string of the molecule is CN(C)Nc1ncnc(Cl)c1Br. The van der Waals surface area contributed by atoms with Crippen molar-refractivity contribution >= 4 is 33.3 Å². The molecule has 1 heterocycles. The zero-order valence-electron chi connectivity index (χ0n) is 6.67. The molecule has 0 aliphatic carbocycles. The topological polar surface area (TPSA) is 41.0 Å². The summed E-state index contributed by atoms with van der Waals surface area (Å²) in [7, 11) is 3.73. The summed E-state index contributed by atoms with van der Waals surface area (Å²) in [6, 6.07) is 0. The molecule has 1 aromatic heterocycles. The van der Waals surface area contributed by atoms with Crippen LogP contribution < -0.4 is 5.43 Å². The lowest BCUT2D eigenvalue weighted by Crippen LogP contribution is -2.20. The lowest BCUT2D eigenvalue weighted by atomic mass is 10.6. The maximum atomic E-state index is 5.74. The fraction of sp³-hybridized carbons (Fsp3) is 0.333. The molecular formula is C6H8BrClN4. The summed E-state index contributed by atoms with van der Waals surface area (Å²) in [6.45, 7) is 0. The van der Waals surface area contributed by atoms with E-state index in [0.29, 0.717) is 15.4 Å². The highest BCUT2D eigenvalue weighted by Crippen LogP contribution is 2.25. The number of halogens is 2. The van der Waals surface area contributed by atoms with Gasteiger partial charge < -0.3 is 5.43 Å². The Kier molecular flexibility index (Phi) is 3.25. The van der Waals surface area contributed by atoms with Gasteiger partial charge in [0.25, 0.3) is 0 Å². The van der Waals surface area contributed by atoms with Crippen LogP contribution in [0.2, 0.25) is 5.15 Å². The first kappa shape index (κ1) is 9.70. The van der Waals surface area contributed by atoms with Gasteiger partial charge in [-0.25, -0.2) is 15.0 Å². The number of hydrazine groups is 1. The van der Waals surface area contributed by atoms with E-state index < -0.39 is 0 Å². The normalized spacial score (nSPS) is 10.4. The van der Waals surface area contributed by atoms with Crippen molar-refractivity contribution in [3.63, 3.8) is 0 Å². The third-order valence-corrected chi connectivity index (χ3v) is 2.34. The van der Waals surface area contributed by atoms with Gasteiger partial charge in [0.2, 0.25) is 0 Å². The van der Waals surface area contributed by atoms with Crippen molar-refractivity contribution < 1.29 is 0 Å². The van der Waals surface area contributed by atoms with Crippen LogP contribution in [-0.2, 0) is 0 Å². The second kappa shape index (κ2) is 4.02. The standard InChI is InChI=1S/C6H8BrClN4/c1-12(2)11-6-4(7)5(8)9-3-10-6/h3H,1-2H3,(H,9,10,11). The molecule has 12 heavy (non-hydrogen) atoms. The average Bonchev–Trinajstić information content (AvgIpc) is 1.98. The van der Waals surface area contributed by atoms with Gasteiger partial charge in [-0.1, -0.05) is 11.6 Å². The molecule has 1 N–H and O–H groups in total. The Morgan fingerprint density at radius 1 is 1.50 bits per heavy atom. The minimum atomic E-state index is 0.398. The Balaban J connectivity index is 2.92. The van der Waals surface area contributed by atoms with Gasteiger partial charge in [0, 0.05) is 14.1 Å². The first-order valence-corrected chi connectivity index (χ1v) is 4.38. The first-order chi connectivity index (χ1) is 5.61. The van der Waals surface area contributed by atoms with Gasteiger partial charge >= 0.3 is 0 Å². The zero-order valence-corrected chi connectivity index (χ0v) is 9.02. The molecule has 0 saturated carbocycles. The van der Waals surface area contributed by atoms with Crippen LogP contribution >= 0.6 is 27.5 Å². The molecule has 0 aromatic carbocycles. The summed E-state index contributed by atoms with van der Waals surface area (Å²) < 4.78 is 0.667. The van der Waals surface area contributed by atoms with Gasteiger partial charge in [0.05, 0.1) is 4.47 Å². The molecule has 6 heteroatoms. The fourth-order valence-electron chi connectivity index (χ4n) is 0.638. The molecule has 0 spiro atoms. The van der Waals surface area contributed by atoms with E-state index in [1.807, 2.05) is 14.1 Å². The Labute approximate surface area is 84.1 Å². The van der Waals surface area contributed by atoms with E-state index >= 15 is 0 Å². The lowest BCUT2D eigenvalue weighted by Gasteiger charge is -2.13. The third-order valence-electron chi connectivity index (χ3n) is 1.08. The summed E-state index contributed by atoms with van der Waals surface area (Å²) >= 11 is 9.00. The predicted octanol–water partition coefficient (Wildman–Crippen LogP) is 1.78. The lowest BCUT2D eigenvalue weighted by molar-refractivity contribution is 0.491. The molecule has 0 amide bonds. The Morgan fingerprint density at radius 2 is 2.17 bits per heavy atom. The van der Waals surface area contributed by atoms with Crippen molar-refractivity contribution in [1.82, 2.24) is 15.0 Å². The maximum absolute atomic E-state index is 5.74. The molecule has 0 fully saturated rings. The van der Waals surface area contributed by atoms with Crippen molar-refractivity contribution in [3.05, 3.63) is 16.0 Å². The van der Waals surface area contributed by atoms with Crippen molar-refractivity contribution in [2.24, 2.45) is 0 Å². The van der Waals surface area contributed by atoms with E-state index in [1.54, 1.807) is 5.01 Å². The van der Waals surface area contributed by atoms with Gasteiger partial charge in [-0.2, -0.15) is 0 Å². The van der Waals surface area contributed by atoms with Crippen molar-refractivity contribution in [2.45, 2.75) is 0 Å². The van der Waals surface area contributed by atoms with E-state index in [9.17, 15) is 0 Å². The van der Waals surface area contributed by atoms with Crippen molar-refractivity contribution in [3.8, 4) is 0 Å². The van der Waals surface area contributed by atoms with Crippen LogP contribution in [0.25, 0.3) is 0 Å². The number of hydrogen-bond acceptors (Lipinski definition) is 4. The van der Waals surface area contributed by atoms with Gasteiger partial charge in [-0.15, -0.1) is 0 Å². The van der Waals surface area contributed by atoms with E-state index in [1.165, 1.54) is 6.33 Å².